The van der Waals surface area contributed by atoms with Crippen molar-refractivity contribution >= 4 is 28.2 Å². The summed E-state index contributed by atoms with van der Waals surface area (Å²) in [5.74, 6) is 0.0527. The fourth-order valence-electron chi connectivity index (χ4n) is 4.62. The molecule has 5 heteroatoms. The molecule has 0 unspecified atom stereocenters. The summed E-state index contributed by atoms with van der Waals surface area (Å²) in [4.78, 5) is 24.1. The molecule has 172 valence electrons. The van der Waals surface area contributed by atoms with Crippen molar-refractivity contribution in [3.63, 3.8) is 0 Å². The van der Waals surface area contributed by atoms with E-state index < -0.39 is 6.04 Å². The van der Waals surface area contributed by atoms with E-state index in [0.29, 0.717) is 30.2 Å². The molecule has 34 heavy (non-hydrogen) atoms. The summed E-state index contributed by atoms with van der Waals surface area (Å²) < 4.78 is 15.0. The van der Waals surface area contributed by atoms with E-state index in [9.17, 15) is 9.18 Å². The Bertz CT molecular complexity index is 1370. The van der Waals surface area contributed by atoms with E-state index in [1.807, 2.05) is 59.6 Å². The number of benzene rings is 3. The highest BCUT2D eigenvalue weighted by molar-refractivity contribution is 6.20. The normalized spacial score (nSPS) is 16.0. The number of aromatic amines is 1. The number of nitrogens with one attached hydrogen (secondary N) is 1. The number of fused-ring (bicyclic) bond motifs is 2. The van der Waals surface area contributed by atoms with Crippen molar-refractivity contribution in [1.82, 2.24) is 4.98 Å². The van der Waals surface area contributed by atoms with Crippen LogP contribution in [0.1, 0.15) is 37.0 Å². The van der Waals surface area contributed by atoms with Gasteiger partial charge in [-0.05, 0) is 42.2 Å². The number of hydrogen-bond donors (Lipinski definition) is 1. The Morgan fingerprint density at radius 1 is 0.971 bits per heavy atom. The molecule has 4 nitrogen and oxygen atoms in total. The lowest BCUT2D eigenvalue weighted by Crippen LogP contribution is -2.40. The van der Waals surface area contributed by atoms with Gasteiger partial charge in [-0.15, -0.1) is 0 Å². The first-order valence-corrected chi connectivity index (χ1v) is 11.8. The largest absolute Gasteiger partial charge is 0.361 e. The molecule has 1 aliphatic heterocycles. The second-order valence-electron chi connectivity index (χ2n) is 9.23. The number of carbonyl (C=O) groups is 1. The van der Waals surface area contributed by atoms with Gasteiger partial charge in [-0.2, -0.15) is 0 Å². The molecule has 0 radical (unpaired) electrons. The second kappa shape index (κ2) is 9.26. The molecule has 1 atom stereocenters. The second-order valence-corrected chi connectivity index (χ2v) is 9.23. The molecule has 3 aromatic carbocycles. The molecule has 0 fully saturated rings. The van der Waals surface area contributed by atoms with Crippen molar-refractivity contribution < 1.29 is 9.18 Å². The smallest absolute Gasteiger partial charge is 0.252 e. The van der Waals surface area contributed by atoms with E-state index in [2.05, 4.69) is 24.9 Å². The fraction of sp³-hybridized carbons (Fsp3) is 0.241. The zero-order chi connectivity index (χ0) is 23.7. The summed E-state index contributed by atoms with van der Waals surface area (Å²) in [6.45, 7) is 4.90. The number of carbonyl (C=O) groups excluding carboxylic acids is 1. The molecule has 0 bridgehead atoms. The van der Waals surface area contributed by atoms with Crippen LogP contribution in [-0.4, -0.2) is 29.2 Å². The van der Waals surface area contributed by atoms with Gasteiger partial charge in [-0.3, -0.25) is 9.79 Å². The highest BCUT2D eigenvalue weighted by Crippen LogP contribution is 2.31. The van der Waals surface area contributed by atoms with Gasteiger partial charge in [0.25, 0.3) is 5.91 Å². The van der Waals surface area contributed by atoms with Crippen LogP contribution in [0.2, 0.25) is 0 Å². The maximum atomic E-state index is 15.0. The molecular formula is C29H28FN3O. The fourth-order valence-corrected chi connectivity index (χ4v) is 4.62. The van der Waals surface area contributed by atoms with Crippen LogP contribution in [0.5, 0.6) is 0 Å². The Morgan fingerprint density at radius 2 is 1.68 bits per heavy atom. The van der Waals surface area contributed by atoms with Gasteiger partial charge in [0.15, 0.2) is 0 Å². The predicted molar refractivity (Wildman–Crippen MR) is 136 cm³/mol. The number of nitrogens with zero attached hydrogens (tertiary/aromatic N) is 2. The van der Waals surface area contributed by atoms with Crippen molar-refractivity contribution in [3.8, 4) is 0 Å². The molecule has 0 saturated carbocycles. The first-order chi connectivity index (χ1) is 16.5. The van der Waals surface area contributed by atoms with Crippen LogP contribution < -0.4 is 4.90 Å². The third kappa shape index (κ3) is 4.14. The van der Waals surface area contributed by atoms with E-state index in [-0.39, 0.29) is 11.7 Å². The van der Waals surface area contributed by atoms with E-state index in [1.165, 1.54) is 6.07 Å². The van der Waals surface area contributed by atoms with Gasteiger partial charge in [0.2, 0.25) is 0 Å². The zero-order valence-corrected chi connectivity index (χ0v) is 19.5. The van der Waals surface area contributed by atoms with E-state index in [1.54, 1.807) is 12.1 Å². The van der Waals surface area contributed by atoms with Crippen LogP contribution in [0.4, 0.5) is 10.1 Å². The minimum absolute atomic E-state index is 0.0512. The van der Waals surface area contributed by atoms with Crippen molar-refractivity contribution in [2.75, 3.05) is 11.4 Å². The van der Waals surface area contributed by atoms with Crippen LogP contribution in [0.3, 0.4) is 0 Å². The SMILES string of the molecule is CC(C)CCN1C(=O)[C@@H](Cc2c[nH]c3ccccc23)N=C(c2ccccc2F)c2ccccc21. The van der Waals surface area contributed by atoms with Gasteiger partial charge in [-0.1, -0.05) is 62.4 Å². The number of hydrogen-bond acceptors (Lipinski definition) is 2. The van der Waals surface area contributed by atoms with Crippen molar-refractivity contribution in [2.45, 2.75) is 32.7 Å². The average molecular weight is 454 g/mol. The maximum absolute atomic E-state index is 15.0. The van der Waals surface area contributed by atoms with Gasteiger partial charge in [0.1, 0.15) is 11.9 Å². The van der Waals surface area contributed by atoms with Gasteiger partial charge < -0.3 is 9.88 Å². The lowest BCUT2D eigenvalue weighted by atomic mass is 9.99. The van der Waals surface area contributed by atoms with Gasteiger partial charge in [-0.25, -0.2) is 4.39 Å². The lowest BCUT2D eigenvalue weighted by molar-refractivity contribution is -0.119. The first-order valence-electron chi connectivity index (χ1n) is 11.8. The minimum atomic E-state index is -0.659. The van der Waals surface area contributed by atoms with Crippen LogP contribution in [-0.2, 0) is 11.2 Å². The number of aliphatic imine (C=N–C) groups is 1. The van der Waals surface area contributed by atoms with E-state index in [0.717, 1.165) is 34.1 Å². The Balaban J connectivity index is 1.66. The number of H-pyrrole nitrogens is 1. The van der Waals surface area contributed by atoms with Gasteiger partial charge in [0, 0.05) is 41.2 Å². The molecule has 1 N–H and O–H groups in total. The highest BCUT2D eigenvalue weighted by Gasteiger charge is 2.33. The lowest BCUT2D eigenvalue weighted by Gasteiger charge is -2.26. The molecule has 1 amide bonds. The summed E-state index contributed by atoms with van der Waals surface area (Å²) in [5.41, 5.74) is 4.57. The topological polar surface area (TPSA) is 48.5 Å². The number of halogens is 1. The Labute approximate surface area is 199 Å². The molecule has 2 heterocycles. The highest BCUT2D eigenvalue weighted by atomic mass is 19.1. The number of rotatable bonds is 6. The van der Waals surface area contributed by atoms with Crippen LogP contribution >= 0.6 is 0 Å². The molecule has 1 aliphatic rings. The van der Waals surface area contributed by atoms with Crippen molar-refractivity contribution in [2.24, 2.45) is 10.9 Å². The Hall–Kier alpha value is -3.73. The summed E-state index contributed by atoms with van der Waals surface area (Å²) in [6.07, 6.45) is 3.26. The summed E-state index contributed by atoms with van der Waals surface area (Å²) in [6, 6.07) is 21.8. The number of para-hydroxylation sites is 2. The molecule has 1 aromatic heterocycles. The van der Waals surface area contributed by atoms with Gasteiger partial charge >= 0.3 is 0 Å². The monoisotopic (exact) mass is 453 g/mol. The quantitative estimate of drug-likeness (QED) is 0.374. The molecule has 0 saturated heterocycles. The summed E-state index contributed by atoms with van der Waals surface area (Å²) in [7, 11) is 0. The third-order valence-corrected chi connectivity index (χ3v) is 6.43. The third-order valence-electron chi connectivity index (χ3n) is 6.43. The average Bonchev–Trinajstić information content (AvgIpc) is 3.20. The Kier molecular flexibility index (Phi) is 6.01. The molecular weight excluding hydrogens is 425 g/mol. The van der Waals surface area contributed by atoms with E-state index in [4.69, 9.17) is 4.99 Å². The van der Waals surface area contributed by atoms with E-state index >= 15 is 0 Å². The van der Waals surface area contributed by atoms with Crippen molar-refractivity contribution in [3.05, 3.63) is 102 Å². The molecule has 5 rings (SSSR count). The molecule has 4 aromatic rings. The number of anilines is 1. The zero-order valence-electron chi connectivity index (χ0n) is 19.5. The Morgan fingerprint density at radius 3 is 2.47 bits per heavy atom. The number of amides is 1. The van der Waals surface area contributed by atoms with Crippen LogP contribution in [0.15, 0.2) is 84.0 Å². The number of aromatic nitrogens is 1. The number of benzodiazepines with no additional fused rings is 1. The summed E-state index contributed by atoms with van der Waals surface area (Å²) >= 11 is 0. The standard InChI is InChI=1S/C29H28FN3O/c1-19(2)15-16-33-27-14-8-5-11-23(27)28(22-10-3-6-12-24(22)30)32-26(29(33)34)17-20-18-31-25-13-7-4-9-21(20)25/h3-14,18-19,26,31H,15-17H2,1-2H3/t26-/m1/s1. The first kappa shape index (κ1) is 22.1. The van der Waals surface area contributed by atoms with Crippen LogP contribution in [0, 0.1) is 11.7 Å². The maximum Gasteiger partial charge on any atom is 0.252 e. The van der Waals surface area contributed by atoms with Gasteiger partial charge in [0.05, 0.1) is 11.4 Å². The minimum Gasteiger partial charge on any atom is -0.361 e. The van der Waals surface area contributed by atoms with Crippen molar-refractivity contribution in [1.29, 1.82) is 0 Å². The molecule has 0 spiro atoms. The molecule has 0 aliphatic carbocycles. The summed E-state index contributed by atoms with van der Waals surface area (Å²) in [5, 5.41) is 1.08. The van der Waals surface area contributed by atoms with Crippen LogP contribution in [0.25, 0.3) is 10.9 Å². The predicted octanol–water partition coefficient (Wildman–Crippen LogP) is 6.15.